The summed E-state index contributed by atoms with van der Waals surface area (Å²) in [6, 6.07) is 22.9. The van der Waals surface area contributed by atoms with Crippen molar-refractivity contribution in [2.75, 3.05) is 11.9 Å². The molecule has 0 aromatic heterocycles. The van der Waals surface area contributed by atoms with E-state index in [2.05, 4.69) is 10.6 Å². The molecule has 1 heterocycles. The smallest absolute Gasteiger partial charge is 0.325 e. The van der Waals surface area contributed by atoms with Crippen molar-refractivity contribution < 1.29 is 14.4 Å². The van der Waals surface area contributed by atoms with Gasteiger partial charge in [-0.3, -0.25) is 14.5 Å². The van der Waals surface area contributed by atoms with Crippen LogP contribution in [0, 0.1) is 0 Å². The molecule has 1 aliphatic rings. The third-order valence-electron chi connectivity index (χ3n) is 4.89. The Morgan fingerprint density at radius 1 is 0.969 bits per heavy atom. The molecule has 0 bridgehead atoms. The van der Waals surface area contributed by atoms with Gasteiger partial charge in [-0.15, -0.1) is 0 Å². The summed E-state index contributed by atoms with van der Waals surface area (Å²) in [7, 11) is 0. The summed E-state index contributed by atoms with van der Waals surface area (Å²) >= 11 is 7.42. The standard InChI is InChI=1S/C24H20ClN3O3S/c25-17-10-12-18(13-11-17)32-21-9-5-4-8-19(21)26-22(29)15-28-23(30)20(27-24(28)31)14-16-6-2-1-3-7-16/h1-13,20H,14-15H2,(H,26,29)(H,27,31)/t20-/m1/s1. The predicted octanol–water partition coefficient (Wildman–Crippen LogP) is 4.59. The first-order valence-electron chi connectivity index (χ1n) is 9.98. The summed E-state index contributed by atoms with van der Waals surface area (Å²) in [5, 5.41) is 6.13. The van der Waals surface area contributed by atoms with E-state index < -0.39 is 23.9 Å². The largest absolute Gasteiger partial charge is 0.325 e. The van der Waals surface area contributed by atoms with E-state index in [0.29, 0.717) is 17.1 Å². The predicted molar refractivity (Wildman–Crippen MR) is 125 cm³/mol. The van der Waals surface area contributed by atoms with Crippen LogP contribution in [-0.4, -0.2) is 35.3 Å². The van der Waals surface area contributed by atoms with Crippen molar-refractivity contribution in [3.63, 3.8) is 0 Å². The molecular formula is C24H20ClN3O3S. The quantitative estimate of drug-likeness (QED) is 0.500. The van der Waals surface area contributed by atoms with E-state index in [0.717, 1.165) is 20.3 Å². The van der Waals surface area contributed by atoms with Crippen LogP contribution < -0.4 is 10.6 Å². The van der Waals surface area contributed by atoms with Crippen molar-refractivity contribution in [1.29, 1.82) is 0 Å². The summed E-state index contributed by atoms with van der Waals surface area (Å²) in [6.45, 7) is -0.351. The molecule has 6 nitrogen and oxygen atoms in total. The number of imide groups is 1. The molecule has 0 radical (unpaired) electrons. The number of halogens is 1. The molecular weight excluding hydrogens is 446 g/mol. The first kappa shape index (κ1) is 21.9. The molecule has 0 spiro atoms. The summed E-state index contributed by atoms with van der Waals surface area (Å²) in [5.74, 6) is -0.851. The van der Waals surface area contributed by atoms with Gasteiger partial charge in [0.25, 0.3) is 5.91 Å². The SMILES string of the molecule is O=C(CN1C(=O)N[C@H](Cc2ccccc2)C1=O)Nc1ccccc1Sc1ccc(Cl)cc1. The van der Waals surface area contributed by atoms with E-state index in [1.165, 1.54) is 11.8 Å². The molecule has 3 aromatic carbocycles. The van der Waals surface area contributed by atoms with Gasteiger partial charge in [0.05, 0.1) is 5.69 Å². The maximum absolute atomic E-state index is 12.7. The molecule has 4 amide bonds. The van der Waals surface area contributed by atoms with Crippen LogP contribution in [0.25, 0.3) is 0 Å². The molecule has 8 heteroatoms. The number of nitrogens with zero attached hydrogens (tertiary/aromatic N) is 1. The Hall–Kier alpha value is -3.29. The second-order valence-corrected chi connectivity index (χ2v) is 8.77. The van der Waals surface area contributed by atoms with Crippen molar-refractivity contribution in [3.8, 4) is 0 Å². The molecule has 0 saturated carbocycles. The normalized spacial score (nSPS) is 15.5. The molecule has 1 fully saturated rings. The van der Waals surface area contributed by atoms with Gasteiger partial charge in [-0.25, -0.2) is 4.79 Å². The van der Waals surface area contributed by atoms with Gasteiger partial charge in [-0.1, -0.05) is 65.8 Å². The number of nitrogens with one attached hydrogen (secondary N) is 2. The number of benzene rings is 3. The lowest BCUT2D eigenvalue weighted by atomic mass is 10.1. The molecule has 162 valence electrons. The number of carbonyl (C=O) groups is 3. The van der Waals surface area contributed by atoms with Gasteiger partial charge in [0.1, 0.15) is 12.6 Å². The van der Waals surface area contributed by atoms with Crippen molar-refractivity contribution in [2.45, 2.75) is 22.3 Å². The van der Waals surface area contributed by atoms with Crippen molar-refractivity contribution in [3.05, 3.63) is 89.4 Å². The maximum Gasteiger partial charge on any atom is 0.325 e. The van der Waals surface area contributed by atoms with E-state index in [4.69, 9.17) is 11.6 Å². The molecule has 1 atom stereocenters. The third kappa shape index (κ3) is 5.30. The molecule has 1 saturated heterocycles. The maximum atomic E-state index is 12.7. The lowest BCUT2D eigenvalue weighted by Crippen LogP contribution is -2.38. The van der Waals surface area contributed by atoms with Crippen LogP contribution in [0.1, 0.15) is 5.56 Å². The fraction of sp³-hybridized carbons (Fsp3) is 0.125. The fourth-order valence-corrected chi connectivity index (χ4v) is 4.36. The minimum absolute atomic E-state index is 0.351. The molecule has 2 N–H and O–H groups in total. The number of hydrogen-bond donors (Lipinski definition) is 2. The second-order valence-electron chi connectivity index (χ2n) is 7.22. The van der Waals surface area contributed by atoms with E-state index >= 15 is 0 Å². The first-order chi connectivity index (χ1) is 15.5. The van der Waals surface area contributed by atoms with E-state index in [-0.39, 0.29) is 6.54 Å². The molecule has 0 unspecified atom stereocenters. The summed E-state index contributed by atoms with van der Waals surface area (Å²) in [5.41, 5.74) is 1.54. The Morgan fingerprint density at radius 3 is 2.41 bits per heavy atom. The van der Waals surface area contributed by atoms with Gasteiger partial charge in [-0.2, -0.15) is 0 Å². The zero-order valence-corrected chi connectivity index (χ0v) is 18.5. The molecule has 3 aromatic rings. The van der Waals surface area contributed by atoms with Crippen LogP contribution in [0.15, 0.2) is 88.7 Å². The highest BCUT2D eigenvalue weighted by Crippen LogP contribution is 2.33. The summed E-state index contributed by atoms with van der Waals surface area (Å²) in [6.07, 6.45) is 0.379. The number of amides is 4. The van der Waals surface area contributed by atoms with Crippen molar-refractivity contribution in [2.24, 2.45) is 0 Å². The number of carbonyl (C=O) groups excluding carboxylic acids is 3. The fourth-order valence-electron chi connectivity index (χ4n) is 3.34. The zero-order valence-electron chi connectivity index (χ0n) is 17.0. The highest BCUT2D eigenvalue weighted by Gasteiger charge is 2.38. The highest BCUT2D eigenvalue weighted by atomic mass is 35.5. The number of anilines is 1. The van der Waals surface area contributed by atoms with Gasteiger partial charge in [0.2, 0.25) is 5.91 Å². The van der Waals surface area contributed by atoms with Gasteiger partial charge in [0.15, 0.2) is 0 Å². The van der Waals surface area contributed by atoms with Crippen LogP contribution in [0.2, 0.25) is 5.02 Å². The van der Waals surface area contributed by atoms with E-state index in [1.807, 2.05) is 60.7 Å². The second kappa shape index (κ2) is 9.89. The van der Waals surface area contributed by atoms with Crippen molar-refractivity contribution in [1.82, 2.24) is 10.2 Å². The number of hydrogen-bond acceptors (Lipinski definition) is 4. The minimum atomic E-state index is -0.676. The zero-order chi connectivity index (χ0) is 22.5. The molecule has 32 heavy (non-hydrogen) atoms. The Labute approximate surface area is 194 Å². The van der Waals surface area contributed by atoms with Crippen molar-refractivity contribution >= 4 is 46.9 Å². The summed E-state index contributed by atoms with van der Waals surface area (Å²) in [4.78, 5) is 40.4. The van der Waals surface area contributed by atoms with Crippen LogP contribution in [0.5, 0.6) is 0 Å². The minimum Gasteiger partial charge on any atom is -0.325 e. The Bertz CT molecular complexity index is 1140. The number of urea groups is 1. The van der Waals surface area contributed by atoms with Crippen LogP contribution in [0.4, 0.5) is 10.5 Å². The van der Waals surface area contributed by atoms with Crippen LogP contribution in [0.3, 0.4) is 0 Å². The van der Waals surface area contributed by atoms with E-state index in [1.54, 1.807) is 18.2 Å². The van der Waals surface area contributed by atoms with Crippen LogP contribution in [-0.2, 0) is 16.0 Å². The number of para-hydroxylation sites is 1. The van der Waals surface area contributed by atoms with Gasteiger partial charge < -0.3 is 10.6 Å². The first-order valence-corrected chi connectivity index (χ1v) is 11.2. The average molecular weight is 466 g/mol. The Morgan fingerprint density at radius 2 is 1.66 bits per heavy atom. The Balaban J connectivity index is 1.40. The lowest BCUT2D eigenvalue weighted by molar-refractivity contribution is -0.130. The molecule has 4 rings (SSSR count). The number of rotatable bonds is 7. The van der Waals surface area contributed by atoms with E-state index in [9.17, 15) is 14.4 Å². The molecule has 0 aliphatic carbocycles. The molecule has 1 aliphatic heterocycles. The van der Waals surface area contributed by atoms with Crippen LogP contribution >= 0.6 is 23.4 Å². The monoisotopic (exact) mass is 465 g/mol. The Kier molecular flexibility index (Phi) is 6.78. The highest BCUT2D eigenvalue weighted by molar-refractivity contribution is 7.99. The average Bonchev–Trinajstić information content (AvgIpc) is 3.04. The third-order valence-corrected chi connectivity index (χ3v) is 6.23. The van der Waals surface area contributed by atoms with Gasteiger partial charge in [0, 0.05) is 21.2 Å². The lowest BCUT2D eigenvalue weighted by Gasteiger charge is -2.15. The topological polar surface area (TPSA) is 78.5 Å². The van der Waals surface area contributed by atoms with Gasteiger partial charge in [-0.05, 0) is 42.0 Å². The van der Waals surface area contributed by atoms with Gasteiger partial charge >= 0.3 is 6.03 Å². The summed E-state index contributed by atoms with van der Waals surface area (Å²) < 4.78 is 0.